The van der Waals surface area contributed by atoms with E-state index >= 15 is 0 Å². The van der Waals surface area contributed by atoms with Crippen molar-refractivity contribution in [1.29, 1.82) is 0 Å². The molecule has 1 aromatic heterocycles. The van der Waals surface area contributed by atoms with E-state index in [1.807, 2.05) is 54.6 Å². The van der Waals surface area contributed by atoms with Gasteiger partial charge >= 0.3 is 0 Å². The van der Waals surface area contributed by atoms with Crippen LogP contribution in [0, 0.1) is 0 Å². The zero-order chi connectivity index (χ0) is 13.9. The SMILES string of the molecule is Nc1ccccc1-c1cc(-c2ccccc2N)ncn1. The molecule has 0 spiro atoms. The lowest BCUT2D eigenvalue weighted by Crippen LogP contribution is -1.95. The minimum Gasteiger partial charge on any atom is -0.398 e. The molecule has 0 radical (unpaired) electrons. The fourth-order valence-electron chi connectivity index (χ4n) is 2.11. The Morgan fingerprint density at radius 3 is 1.55 bits per heavy atom. The summed E-state index contributed by atoms with van der Waals surface area (Å²) >= 11 is 0. The van der Waals surface area contributed by atoms with Crippen molar-refractivity contribution in [2.24, 2.45) is 0 Å². The second-order valence-corrected chi connectivity index (χ2v) is 4.46. The highest BCUT2D eigenvalue weighted by Crippen LogP contribution is 2.28. The van der Waals surface area contributed by atoms with Gasteiger partial charge in [-0.1, -0.05) is 36.4 Å². The zero-order valence-electron chi connectivity index (χ0n) is 10.8. The molecule has 1 heterocycles. The quantitative estimate of drug-likeness (QED) is 0.696. The number of para-hydroxylation sites is 2. The van der Waals surface area contributed by atoms with Crippen LogP contribution in [0.15, 0.2) is 60.9 Å². The molecule has 2 aromatic carbocycles. The van der Waals surface area contributed by atoms with E-state index in [-0.39, 0.29) is 0 Å². The largest absolute Gasteiger partial charge is 0.398 e. The Hall–Kier alpha value is -2.88. The van der Waals surface area contributed by atoms with Crippen molar-refractivity contribution in [2.45, 2.75) is 0 Å². The highest BCUT2D eigenvalue weighted by atomic mass is 14.8. The van der Waals surface area contributed by atoms with Crippen LogP contribution in [0.25, 0.3) is 22.5 Å². The highest BCUT2D eigenvalue weighted by molar-refractivity contribution is 5.79. The van der Waals surface area contributed by atoms with Crippen LogP contribution in [0.5, 0.6) is 0 Å². The Labute approximate surface area is 117 Å². The number of benzene rings is 2. The van der Waals surface area contributed by atoms with Gasteiger partial charge in [0.2, 0.25) is 0 Å². The summed E-state index contributed by atoms with van der Waals surface area (Å²) in [6, 6.07) is 17.2. The first-order chi connectivity index (χ1) is 9.75. The van der Waals surface area contributed by atoms with Crippen molar-refractivity contribution in [2.75, 3.05) is 11.5 Å². The van der Waals surface area contributed by atoms with E-state index in [1.165, 1.54) is 6.33 Å². The summed E-state index contributed by atoms with van der Waals surface area (Å²) in [5.41, 5.74) is 16.7. The number of aromatic nitrogens is 2. The van der Waals surface area contributed by atoms with Gasteiger partial charge in [0.25, 0.3) is 0 Å². The number of rotatable bonds is 2. The van der Waals surface area contributed by atoms with Crippen LogP contribution in [0.3, 0.4) is 0 Å². The predicted molar refractivity (Wildman–Crippen MR) is 81.7 cm³/mol. The summed E-state index contributed by atoms with van der Waals surface area (Å²) in [7, 11) is 0. The maximum absolute atomic E-state index is 5.99. The van der Waals surface area contributed by atoms with Gasteiger partial charge in [0.1, 0.15) is 6.33 Å². The molecule has 4 N–H and O–H groups in total. The van der Waals surface area contributed by atoms with E-state index in [4.69, 9.17) is 11.5 Å². The summed E-state index contributed by atoms with van der Waals surface area (Å²) in [5, 5.41) is 0. The minimum absolute atomic E-state index is 0.693. The Kier molecular flexibility index (Phi) is 3.05. The molecular formula is C16H14N4. The molecule has 0 saturated heterocycles. The average Bonchev–Trinajstić information content (AvgIpc) is 2.48. The van der Waals surface area contributed by atoms with Crippen LogP contribution in [0.4, 0.5) is 11.4 Å². The molecule has 4 nitrogen and oxygen atoms in total. The van der Waals surface area contributed by atoms with Gasteiger partial charge in [0.05, 0.1) is 11.4 Å². The molecule has 0 amide bonds. The van der Waals surface area contributed by atoms with Gasteiger partial charge < -0.3 is 11.5 Å². The van der Waals surface area contributed by atoms with Gasteiger partial charge in [-0.2, -0.15) is 0 Å². The molecule has 4 heteroatoms. The van der Waals surface area contributed by atoms with E-state index in [2.05, 4.69) is 9.97 Å². The van der Waals surface area contributed by atoms with Crippen molar-refractivity contribution in [3.05, 3.63) is 60.9 Å². The monoisotopic (exact) mass is 262 g/mol. The van der Waals surface area contributed by atoms with Gasteiger partial charge in [-0.05, 0) is 18.2 Å². The first-order valence-electron chi connectivity index (χ1n) is 6.27. The number of nitrogens with zero attached hydrogens (tertiary/aromatic N) is 2. The number of nitrogen functional groups attached to an aromatic ring is 2. The standard InChI is InChI=1S/C16H14N4/c17-13-7-3-1-5-11(13)15-9-16(20-10-19-15)12-6-2-4-8-14(12)18/h1-10H,17-18H2. The molecule has 0 unspecified atom stereocenters. The first kappa shape index (κ1) is 12.2. The molecule has 0 fully saturated rings. The maximum Gasteiger partial charge on any atom is 0.116 e. The van der Waals surface area contributed by atoms with Crippen LogP contribution in [-0.2, 0) is 0 Å². The number of nitrogens with two attached hydrogens (primary N) is 2. The Morgan fingerprint density at radius 2 is 1.10 bits per heavy atom. The summed E-state index contributed by atoms with van der Waals surface area (Å²) < 4.78 is 0. The smallest absolute Gasteiger partial charge is 0.116 e. The van der Waals surface area contributed by atoms with Crippen molar-refractivity contribution in [1.82, 2.24) is 9.97 Å². The van der Waals surface area contributed by atoms with Crippen molar-refractivity contribution >= 4 is 11.4 Å². The maximum atomic E-state index is 5.99. The van der Waals surface area contributed by atoms with E-state index in [1.54, 1.807) is 0 Å². The summed E-state index contributed by atoms with van der Waals surface area (Å²) in [6.45, 7) is 0. The van der Waals surface area contributed by atoms with Gasteiger partial charge in [0.15, 0.2) is 0 Å². The normalized spacial score (nSPS) is 10.4. The molecular weight excluding hydrogens is 248 g/mol. The van der Waals surface area contributed by atoms with Crippen molar-refractivity contribution in [3.8, 4) is 22.5 Å². The van der Waals surface area contributed by atoms with E-state index < -0.39 is 0 Å². The van der Waals surface area contributed by atoms with Gasteiger partial charge in [0, 0.05) is 22.5 Å². The van der Waals surface area contributed by atoms with E-state index in [9.17, 15) is 0 Å². The molecule has 0 aliphatic rings. The van der Waals surface area contributed by atoms with Crippen LogP contribution in [-0.4, -0.2) is 9.97 Å². The molecule has 0 aliphatic carbocycles. The summed E-state index contributed by atoms with van der Waals surface area (Å²) in [6.07, 6.45) is 1.53. The van der Waals surface area contributed by atoms with Crippen LogP contribution in [0.2, 0.25) is 0 Å². The molecule has 3 aromatic rings. The van der Waals surface area contributed by atoms with E-state index in [0.29, 0.717) is 11.4 Å². The summed E-state index contributed by atoms with van der Waals surface area (Å²) in [4.78, 5) is 8.59. The molecule has 0 saturated carbocycles. The molecule has 0 atom stereocenters. The van der Waals surface area contributed by atoms with Crippen molar-refractivity contribution < 1.29 is 0 Å². The highest BCUT2D eigenvalue weighted by Gasteiger charge is 2.08. The van der Waals surface area contributed by atoms with Crippen molar-refractivity contribution in [3.63, 3.8) is 0 Å². The number of hydrogen-bond acceptors (Lipinski definition) is 4. The van der Waals surface area contributed by atoms with Crippen LogP contribution >= 0.6 is 0 Å². The fourth-order valence-corrected chi connectivity index (χ4v) is 2.11. The lowest BCUT2D eigenvalue weighted by Gasteiger charge is -2.08. The third-order valence-electron chi connectivity index (χ3n) is 3.14. The Balaban J connectivity index is 2.12. The number of hydrogen-bond donors (Lipinski definition) is 2. The minimum atomic E-state index is 0.693. The lowest BCUT2D eigenvalue weighted by atomic mass is 10.1. The topological polar surface area (TPSA) is 77.8 Å². The second kappa shape index (κ2) is 5.01. The first-order valence-corrected chi connectivity index (χ1v) is 6.27. The Morgan fingerprint density at radius 1 is 0.650 bits per heavy atom. The molecule has 0 bridgehead atoms. The third-order valence-corrected chi connectivity index (χ3v) is 3.14. The molecule has 20 heavy (non-hydrogen) atoms. The molecule has 98 valence electrons. The lowest BCUT2D eigenvalue weighted by molar-refractivity contribution is 1.18. The molecule has 3 rings (SSSR count). The molecule has 0 aliphatic heterocycles. The summed E-state index contributed by atoms with van der Waals surface area (Å²) in [5.74, 6) is 0. The van der Waals surface area contributed by atoms with Gasteiger partial charge in [-0.25, -0.2) is 9.97 Å². The second-order valence-electron chi connectivity index (χ2n) is 4.46. The zero-order valence-corrected chi connectivity index (χ0v) is 10.8. The fraction of sp³-hybridized carbons (Fsp3) is 0. The third kappa shape index (κ3) is 2.19. The predicted octanol–water partition coefficient (Wildman–Crippen LogP) is 2.97. The van der Waals surface area contributed by atoms with Crippen LogP contribution < -0.4 is 11.5 Å². The average molecular weight is 262 g/mol. The number of anilines is 2. The van der Waals surface area contributed by atoms with Gasteiger partial charge in [-0.3, -0.25) is 0 Å². The van der Waals surface area contributed by atoms with E-state index in [0.717, 1.165) is 22.5 Å². The van der Waals surface area contributed by atoms with Gasteiger partial charge in [-0.15, -0.1) is 0 Å². The van der Waals surface area contributed by atoms with Crippen LogP contribution in [0.1, 0.15) is 0 Å². The Bertz CT molecular complexity index is 692.